The molecular weight excluding hydrogens is 289 g/mol. The number of benzene rings is 2. The number of carbonyl (C=O) groups is 1. The molecule has 22 heavy (non-hydrogen) atoms. The summed E-state index contributed by atoms with van der Waals surface area (Å²) >= 11 is 0. The van der Waals surface area contributed by atoms with Crippen LogP contribution in [0.4, 0.5) is 13.2 Å². The first-order valence-corrected chi connectivity index (χ1v) is 7.04. The SMILES string of the molecule is Cc1cccc(CCC(=O)c2ccc(C(F)(F)F)cc2)c1C. The molecule has 2 aromatic carbocycles. The van der Waals surface area contributed by atoms with Gasteiger partial charge in [-0.1, -0.05) is 30.3 Å². The van der Waals surface area contributed by atoms with Crippen molar-refractivity contribution in [2.45, 2.75) is 32.9 Å². The van der Waals surface area contributed by atoms with Gasteiger partial charge in [-0.2, -0.15) is 13.2 Å². The third-order valence-corrected chi connectivity index (χ3v) is 3.87. The summed E-state index contributed by atoms with van der Waals surface area (Å²) in [5.74, 6) is -0.144. The lowest BCUT2D eigenvalue weighted by Crippen LogP contribution is -2.07. The minimum absolute atomic E-state index is 0.144. The van der Waals surface area contributed by atoms with Gasteiger partial charge in [0, 0.05) is 12.0 Å². The monoisotopic (exact) mass is 306 g/mol. The zero-order valence-corrected chi connectivity index (χ0v) is 12.5. The molecule has 0 atom stereocenters. The van der Waals surface area contributed by atoms with E-state index in [-0.39, 0.29) is 12.2 Å². The molecule has 0 spiro atoms. The smallest absolute Gasteiger partial charge is 0.294 e. The molecule has 0 saturated carbocycles. The van der Waals surface area contributed by atoms with Crippen LogP contribution in [0.15, 0.2) is 42.5 Å². The van der Waals surface area contributed by atoms with Crippen LogP contribution >= 0.6 is 0 Å². The van der Waals surface area contributed by atoms with Gasteiger partial charge in [-0.25, -0.2) is 0 Å². The van der Waals surface area contributed by atoms with Crippen molar-refractivity contribution >= 4 is 5.78 Å². The number of Topliss-reactive ketones (excluding diaryl/α,β-unsaturated/α-hetero) is 1. The van der Waals surface area contributed by atoms with Crippen LogP contribution in [-0.4, -0.2) is 5.78 Å². The van der Waals surface area contributed by atoms with E-state index in [2.05, 4.69) is 0 Å². The van der Waals surface area contributed by atoms with E-state index in [0.717, 1.165) is 23.3 Å². The molecule has 116 valence electrons. The normalized spacial score (nSPS) is 11.5. The molecule has 0 aliphatic rings. The summed E-state index contributed by atoms with van der Waals surface area (Å²) < 4.78 is 37.5. The number of halogens is 3. The van der Waals surface area contributed by atoms with Gasteiger partial charge in [0.05, 0.1) is 5.56 Å². The lowest BCUT2D eigenvalue weighted by Gasteiger charge is -2.09. The minimum atomic E-state index is -4.37. The number of aryl methyl sites for hydroxylation is 2. The van der Waals surface area contributed by atoms with Gasteiger partial charge in [0.2, 0.25) is 0 Å². The maximum Gasteiger partial charge on any atom is 0.416 e. The Morgan fingerprint density at radius 2 is 1.64 bits per heavy atom. The molecule has 1 nitrogen and oxygen atoms in total. The third-order valence-electron chi connectivity index (χ3n) is 3.87. The largest absolute Gasteiger partial charge is 0.416 e. The van der Waals surface area contributed by atoms with E-state index in [1.807, 2.05) is 32.0 Å². The van der Waals surface area contributed by atoms with Crippen LogP contribution in [0.2, 0.25) is 0 Å². The van der Waals surface area contributed by atoms with Crippen LogP contribution in [-0.2, 0) is 12.6 Å². The van der Waals surface area contributed by atoms with Gasteiger partial charge in [0.25, 0.3) is 0 Å². The van der Waals surface area contributed by atoms with Gasteiger partial charge in [-0.3, -0.25) is 4.79 Å². The van der Waals surface area contributed by atoms with Gasteiger partial charge in [0.1, 0.15) is 0 Å². The lowest BCUT2D eigenvalue weighted by atomic mass is 9.97. The highest BCUT2D eigenvalue weighted by atomic mass is 19.4. The Morgan fingerprint density at radius 1 is 1.00 bits per heavy atom. The number of ketones is 1. The fraction of sp³-hybridized carbons (Fsp3) is 0.278. The molecular formula is C18H17F3O. The standard InChI is InChI=1S/C18H17F3O/c1-12-4-3-5-14(13(12)2)8-11-17(22)15-6-9-16(10-7-15)18(19,20)21/h3-7,9-10H,8,11H2,1-2H3. The molecule has 0 aliphatic carbocycles. The minimum Gasteiger partial charge on any atom is -0.294 e. The fourth-order valence-electron chi connectivity index (χ4n) is 2.32. The quantitative estimate of drug-likeness (QED) is 0.715. The van der Waals surface area contributed by atoms with Gasteiger partial charge >= 0.3 is 6.18 Å². The van der Waals surface area contributed by atoms with E-state index in [0.29, 0.717) is 12.0 Å². The van der Waals surface area contributed by atoms with Crippen LogP contribution in [0.3, 0.4) is 0 Å². The van der Waals surface area contributed by atoms with Gasteiger partial charge in [-0.05, 0) is 49.1 Å². The molecule has 0 unspecified atom stereocenters. The molecule has 0 N–H and O–H groups in total. The van der Waals surface area contributed by atoms with Crippen molar-refractivity contribution in [3.8, 4) is 0 Å². The number of carbonyl (C=O) groups excluding carboxylic acids is 1. The summed E-state index contributed by atoms with van der Waals surface area (Å²) in [6.07, 6.45) is -3.50. The second-order valence-electron chi connectivity index (χ2n) is 5.36. The molecule has 4 heteroatoms. The van der Waals surface area contributed by atoms with E-state index < -0.39 is 11.7 Å². The molecule has 0 amide bonds. The van der Waals surface area contributed by atoms with Crippen LogP contribution < -0.4 is 0 Å². The zero-order chi connectivity index (χ0) is 16.3. The Morgan fingerprint density at radius 3 is 2.23 bits per heavy atom. The average Bonchev–Trinajstić information content (AvgIpc) is 2.48. The highest BCUT2D eigenvalue weighted by Crippen LogP contribution is 2.29. The van der Waals surface area contributed by atoms with E-state index in [1.165, 1.54) is 17.7 Å². The summed E-state index contributed by atoms with van der Waals surface area (Å²) in [6.45, 7) is 4.02. The average molecular weight is 306 g/mol. The van der Waals surface area contributed by atoms with Crippen molar-refractivity contribution in [3.05, 3.63) is 70.3 Å². The molecule has 0 aliphatic heterocycles. The first-order chi connectivity index (χ1) is 10.3. The molecule has 0 saturated heterocycles. The Kier molecular flexibility index (Phi) is 4.69. The fourth-order valence-corrected chi connectivity index (χ4v) is 2.32. The van der Waals surface area contributed by atoms with Crippen LogP contribution in [0.1, 0.15) is 39.0 Å². The summed E-state index contributed by atoms with van der Waals surface area (Å²) in [4.78, 5) is 12.1. The maximum atomic E-state index is 12.5. The van der Waals surface area contributed by atoms with Crippen LogP contribution in [0.25, 0.3) is 0 Å². The predicted molar refractivity (Wildman–Crippen MR) is 80.0 cm³/mol. The summed E-state index contributed by atoms with van der Waals surface area (Å²) in [6, 6.07) is 10.3. The Labute approximate surface area is 127 Å². The summed E-state index contributed by atoms with van der Waals surface area (Å²) in [7, 11) is 0. The van der Waals surface area contributed by atoms with Gasteiger partial charge in [0.15, 0.2) is 5.78 Å². The highest BCUT2D eigenvalue weighted by molar-refractivity contribution is 5.96. The number of alkyl halides is 3. The van der Waals surface area contributed by atoms with Crippen molar-refractivity contribution in [2.24, 2.45) is 0 Å². The Bertz CT molecular complexity index is 670. The molecule has 2 aromatic rings. The molecule has 0 heterocycles. The molecule has 0 bridgehead atoms. The van der Waals surface area contributed by atoms with Gasteiger partial charge in [-0.15, -0.1) is 0 Å². The van der Waals surface area contributed by atoms with Crippen molar-refractivity contribution in [3.63, 3.8) is 0 Å². The van der Waals surface area contributed by atoms with Crippen molar-refractivity contribution in [1.29, 1.82) is 0 Å². The third kappa shape index (κ3) is 3.75. The first kappa shape index (κ1) is 16.3. The molecule has 0 aromatic heterocycles. The number of hydrogen-bond acceptors (Lipinski definition) is 1. The second-order valence-corrected chi connectivity index (χ2v) is 5.36. The maximum absolute atomic E-state index is 12.5. The predicted octanol–water partition coefficient (Wildman–Crippen LogP) is 5.14. The lowest BCUT2D eigenvalue weighted by molar-refractivity contribution is -0.137. The first-order valence-electron chi connectivity index (χ1n) is 7.04. The van der Waals surface area contributed by atoms with Gasteiger partial charge < -0.3 is 0 Å². The van der Waals surface area contributed by atoms with Crippen LogP contribution in [0.5, 0.6) is 0 Å². The number of rotatable bonds is 4. The van der Waals surface area contributed by atoms with Crippen molar-refractivity contribution in [2.75, 3.05) is 0 Å². The van der Waals surface area contributed by atoms with E-state index in [9.17, 15) is 18.0 Å². The van der Waals surface area contributed by atoms with Crippen LogP contribution in [0, 0.1) is 13.8 Å². The molecule has 2 rings (SSSR count). The number of hydrogen-bond donors (Lipinski definition) is 0. The second kappa shape index (κ2) is 6.34. The summed E-state index contributed by atoms with van der Waals surface area (Å²) in [5.41, 5.74) is 3.00. The van der Waals surface area contributed by atoms with E-state index in [4.69, 9.17) is 0 Å². The van der Waals surface area contributed by atoms with E-state index >= 15 is 0 Å². The topological polar surface area (TPSA) is 17.1 Å². The Hall–Kier alpha value is -2.10. The molecule has 0 radical (unpaired) electrons. The summed E-state index contributed by atoms with van der Waals surface area (Å²) in [5, 5.41) is 0. The molecule has 0 fully saturated rings. The highest BCUT2D eigenvalue weighted by Gasteiger charge is 2.30. The van der Waals surface area contributed by atoms with Crippen molar-refractivity contribution in [1.82, 2.24) is 0 Å². The Balaban J connectivity index is 2.05. The van der Waals surface area contributed by atoms with Crippen molar-refractivity contribution < 1.29 is 18.0 Å². The zero-order valence-electron chi connectivity index (χ0n) is 12.5. The van der Waals surface area contributed by atoms with E-state index in [1.54, 1.807) is 0 Å².